The highest BCUT2D eigenvalue weighted by atomic mass is 16.5. The van der Waals surface area contributed by atoms with E-state index in [0.717, 1.165) is 13.0 Å². The number of hydrogen-bond acceptors (Lipinski definition) is 3. The number of nitriles is 1. The van der Waals surface area contributed by atoms with Gasteiger partial charge in [0.15, 0.2) is 5.60 Å². The molecule has 2 atom stereocenters. The molecule has 0 aromatic heterocycles. The zero-order valence-electron chi connectivity index (χ0n) is 11.1. The van der Waals surface area contributed by atoms with E-state index in [1.54, 1.807) is 0 Å². The van der Waals surface area contributed by atoms with Gasteiger partial charge in [0.1, 0.15) is 0 Å². The first kappa shape index (κ1) is 13.1. The lowest BCUT2D eigenvalue weighted by atomic mass is 9.97. The van der Waals surface area contributed by atoms with Gasteiger partial charge in [-0.25, -0.2) is 0 Å². The summed E-state index contributed by atoms with van der Waals surface area (Å²) in [6.45, 7) is 6.42. The van der Waals surface area contributed by atoms with Crippen molar-refractivity contribution in [1.29, 1.82) is 5.26 Å². The van der Waals surface area contributed by atoms with E-state index < -0.39 is 5.60 Å². The van der Waals surface area contributed by atoms with E-state index in [0.29, 0.717) is 19.2 Å². The zero-order valence-corrected chi connectivity index (χ0v) is 11.1. The fourth-order valence-corrected chi connectivity index (χ4v) is 2.44. The molecule has 1 aromatic carbocycles. The summed E-state index contributed by atoms with van der Waals surface area (Å²) >= 11 is 0. The first-order valence-electron chi connectivity index (χ1n) is 6.55. The lowest BCUT2D eigenvalue weighted by Gasteiger charge is -2.41. The quantitative estimate of drug-likeness (QED) is 0.820. The van der Waals surface area contributed by atoms with Crippen LogP contribution in [0.15, 0.2) is 30.3 Å². The van der Waals surface area contributed by atoms with Gasteiger partial charge in [0.05, 0.1) is 12.7 Å². The van der Waals surface area contributed by atoms with Crippen molar-refractivity contribution in [3.63, 3.8) is 0 Å². The molecule has 0 bridgehead atoms. The molecule has 3 heteroatoms. The highest BCUT2D eigenvalue weighted by molar-refractivity contribution is 5.19. The molecule has 1 aliphatic rings. The molecule has 0 aliphatic carbocycles. The van der Waals surface area contributed by atoms with Crippen molar-refractivity contribution < 1.29 is 4.74 Å². The number of ether oxygens (including phenoxy) is 1. The van der Waals surface area contributed by atoms with Crippen molar-refractivity contribution in [1.82, 2.24) is 4.90 Å². The molecule has 0 spiro atoms. The van der Waals surface area contributed by atoms with Crippen molar-refractivity contribution in [3.05, 3.63) is 35.9 Å². The maximum absolute atomic E-state index is 9.31. The Hall–Kier alpha value is -1.37. The third kappa shape index (κ3) is 2.55. The summed E-state index contributed by atoms with van der Waals surface area (Å²) in [5.41, 5.74) is 0.670. The highest BCUT2D eigenvalue weighted by Crippen LogP contribution is 2.28. The van der Waals surface area contributed by atoms with Crippen molar-refractivity contribution in [3.8, 4) is 6.07 Å². The number of hydrogen-bond donors (Lipinski definition) is 0. The number of morpholine rings is 1. The van der Waals surface area contributed by atoms with E-state index >= 15 is 0 Å². The van der Waals surface area contributed by atoms with E-state index in [1.165, 1.54) is 5.56 Å². The van der Waals surface area contributed by atoms with Crippen LogP contribution >= 0.6 is 0 Å². The summed E-state index contributed by atoms with van der Waals surface area (Å²) < 4.78 is 5.68. The Morgan fingerprint density at radius 1 is 1.44 bits per heavy atom. The van der Waals surface area contributed by atoms with E-state index in [1.807, 2.05) is 13.0 Å². The molecule has 1 aliphatic heterocycles. The molecule has 0 N–H and O–H groups in total. The van der Waals surface area contributed by atoms with Crippen LogP contribution in [0.1, 0.15) is 31.9 Å². The molecule has 1 unspecified atom stereocenters. The molecule has 0 radical (unpaired) electrons. The van der Waals surface area contributed by atoms with E-state index in [9.17, 15) is 5.26 Å². The average molecular weight is 244 g/mol. The van der Waals surface area contributed by atoms with Crippen LogP contribution in [0.2, 0.25) is 0 Å². The smallest absolute Gasteiger partial charge is 0.166 e. The third-order valence-electron chi connectivity index (χ3n) is 3.82. The summed E-state index contributed by atoms with van der Waals surface area (Å²) in [6, 6.07) is 13.1. The van der Waals surface area contributed by atoms with Gasteiger partial charge in [0, 0.05) is 19.1 Å². The van der Waals surface area contributed by atoms with Crippen LogP contribution in [0.25, 0.3) is 0 Å². The first-order chi connectivity index (χ1) is 8.71. The minimum Gasteiger partial charge on any atom is -0.357 e. The van der Waals surface area contributed by atoms with E-state index in [4.69, 9.17) is 4.74 Å². The average Bonchev–Trinajstić information content (AvgIpc) is 2.47. The molecule has 3 nitrogen and oxygen atoms in total. The molecule has 18 heavy (non-hydrogen) atoms. The van der Waals surface area contributed by atoms with Gasteiger partial charge in [-0.05, 0) is 18.9 Å². The molecule has 0 amide bonds. The molecule has 1 heterocycles. The van der Waals surface area contributed by atoms with Crippen LogP contribution in [-0.4, -0.2) is 30.2 Å². The van der Waals surface area contributed by atoms with Crippen LogP contribution in [-0.2, 0) is 4.74 Å². The topological polar surface area (TPSA) is 36.3 Å². The van der Waals surface area contributed by atoms with Crippen LogP contribution in [0, 0.1) is 11.3 Å². The molecular formula is C15H20N2O. The van der Waals surface area contributed by atoms with Gasteiger partial charge in [-0.3, -0.25) is 4.90 Å². The normalized spacial score (nSPS) is 26.5. The molecule has 1 fully saturated rings. The maximum atomic E-state index is 9.31. The summed E-state index contributed by atoms with van der Waals surface area (Å²) in [6.07, 6.45) is 0.738. The molecule has 2 rings (SSSR count). The summed E-state index contributed by atoms with van der Waals surface area (Å²) in [5, 5.41) is 9.31. The Morgan fingerprint density at radius 2 is 2.17 bits per heavy atom. The van der Waals surface area contributed by atoms with E-state index in [-0.39, 0.29) is 0 Å². The fraction of sp³-hybridized carbons (Fsp3) is 0.533. The number of benzene rings is 1. The third-order valence-corrected chi connectivity index (χ3v) is 3.82. The fourth-order valence-electron chi connectivity index (χ4n) is 2.44. The van der Waals surface area contributed by atoms with Crippen molar-refractivity contribution >= 4 is 0 Å². The Balaban J connectivity index is 2.12. The van der Waals surface area contributed by atoms with Crippen LogP contribution in [0.5, 0.6) is 0 Å². The molecular weight excluding hydrogens is 224 g/mol. The summed E-state index contributed by atoms with van der Waals surface area (Å²) in [5.74, 6) is 0. The Bertz CT molecular complexity index is 426. The lowest BCUT2D eigenvalue weighted by Crippen LogP contribution is -2.51. The Kier molecular flexibility index (Phi) is 4.00. The van der Waals surface area contributed by atoms with Gasteiger partial charge in [-0.15, -0.1) is 0 Å². The summed E-state index contributed by atoms with van der Waals surface area (Å²) in [7, 11) is 0. The SMILES string of the molecule is CCC1(C#N)CN([C@H](C)c2ccccc2)CCO1. The monoisotopic (exact) mass is 244 g/mol. The van der Waals surface area contributed by atoms with Crippen LogP contribution in [0.3, 0.4) is 0 Å². The molecule has 0 saturated carbocycles. The molecule has 96 valence electrons. The van der Waals surface area contributed by atoms with Gasteiger partial charge >= 0.3 is 0 Å². The van der Waals surface area contributed by atoms with Crippen LogP contribution < -0.4 is 0 Å². The maximum Gasteiger partial charge on any atom is 0.166 e. The first-order valence-corrected chi connectivity index (χ1v) is 6.55. The zero-order chi connectivity index (χ0) is 13.0. The second-order valence-electron chi connectivity index (χ2n) is 4.87. The van der Waals surface area contributed by atoms with Crippen LogP contribution in [0.4, 0.5) is 0 Å². The minimum atomic E-state index is -0.624. The van der Waals surface area contributed by atoms with Gasteiger partial charge < -0.3 is 4.74 Å². The number of nitrogens with zero attached hydrogens (tertiary/aromatic N) is 2. The molecule has 1 saturated heterocycles. The van der Waals surface area contributed by atoms with Gasteiger partial charge in [-0.2, -0.15) is 5.26 Å². The second-order valence-corrected chi connectivity index (χ2v) is 4.87. The minimum absolute atomic E-state index is 0.328. The van der Waals surface area contributed by atoms with Gasteiger partial charge in [-0.1, -0.05) is 37.3 Å². The predicted molar refractivity (Wildman–Crippen MR) is 71.0 cm³/mol. The Morgan fingerprint density at radius 3 is 2.78 bits per heavy atom. The van der Waals surface area contributed by atoms with Crippen molar-refractivity contribution in [2.45, 2.75) is 31.9 Å². The molecule has 1 aromatic rings. The largest absolute Gasteiger partial charge is 0.357 e. The summed E-state index contributed by atoms with van der Waals surface area (Å²) in [4.78, 5) is 2.34. The second kappa shape index (κ2) is 5.51. The van der Waals surface area contributed by atoms with Gasteiger partial charge in [0.2, 0.25) is 0 Å². The highest BCUT2D eigenvalue weighted by Gasteiger charge is 2.36. The van der Waals surface area contributed by atoms with Gasteiger partial charge in [0.25, 0.3) is 0 Å². The van der Waals surface area contributed by atoms with Crippen molar-refractivity contribution in [2.75, 3.05) is 19.7 Å². The van der Waals surface area contributed by atoms with Crippen molar-refractivity contribution in [2.24, 2.45) is 0 Å². The number of rotatable bonds is 3. The lowest BCUT2D eigenvalue weighted by molar-refractivity contribution is -0.0859. The van der Waals surface area contributed by atoms with E-state index in [2.05, 4.69) is 42.2 Å². The predicted octanol–water partition coefficient (Wildman–Crippen LogP) is 2.75. The Labute approximate surface area is 109 Å². The standard InChI is InChI=1S/C15H20N2O/c1-3-15(11-16)12-17(9-10-18-15)13(2)14-7-5-4-6-8-14/h4-8,13H,3,9-10,12H2,1-2H3/t13-,15?/m1/s1.